The van der Waals surface area contributed by atoms with Crippen molar-refractivity contribution in [1.82, 2.24) is 0 Å². The van der Waals surface area contributed by atoms with Gasteiger partial charge >= 0.3 is 22.7 Å². The summed E-state index contributed by atoms with van der Waals surface area (Å²) in [6.07, 6.45) is 0. The molecule has 13 nitrogen and oxygen atoms in total. The van der Waals surface area contributed by atoms with Gasteiger partial charge in [0, 0.05) is 4.90 Å². The molecule has 0 radical (unpaired) electrons. The lowest BCUT2D eigenvalue weighted by atomic mass is 10.1. The number of hydrogen-bond donors (Lipinski definition) is 1. The molecule has 1 heterocycles. The maximum Gasteiger partial charge on any atom is 0.432 e. The molecule has 1 N–H and O–H groups in total. The normalized spacial score (nSPS) is 11.7. The lowest BCUT2D eigenvalue weighted by Crippen LogP contribution is -2.11. The molecule has 0 bridgehead atoms. The molecule has 14 heteroatoms. The summed E-state index contributed by atoms with van der Waals surface area (Å²) >= 11 is 0.685. The fourth-order valence-corrected chi connectivity index (χ4v) is 3.60. The van der Waals surface area contributed by atoms with E-state index in [4.69, 9.17) is 0 Å². The van der Waals surface area contributed by atoms with E-state index in [0.29, 0.717) is 22.3 Å². The molecule has 26 heavy (non-hydrogen) atoms. The first-order chi connectivity index (χ1) is 12.2. The van der Waals surface area contributed by atoms with Gasteiger partial charge < -0.3 is 5.32 Å². The summed E-state index contributed by atoms with van der Waals surface area (Å²) in [4.78, 5) is 40.4. The second kappa shape index (κ2) is 5.92. The maximum absolute atomic E-state index is 11.4. The van der Waals surface area contributed by atoms with Gasteiger partial charge in [-0.25, -0.2) is 0 Å². The average Bonchev–Trinajstić information content (AvgIpc) is 2.56. The van der Waals surface area contributed by atoms with E-state index in [1.807, 2.05) is 0 Å². The number of hydrogen-bond acceptors (Lipinski definition) is 10. The smallest absolute Gasteiger partial charge is 0.348 e. The van der Waals surface area contributed by atoms with Crippen LogP contribution >= 0.6 is 11.8 Å². The number of nitrogens with one attached hydrogen (secondary N) is 1. The summed E-state index contributed by atoms with van der Waals surface area (Å²) in [5, 5.41) is 48.0. The lowest BCUT2D eigenvalue weighted by Gasteiger charge is -2.19. The molecule has 0 atom stereocenters. The molecule has 2 aromatic carbocycles. The second-order valence-corrected chi connectivity index (χ2v) is 5.90. The molecule has 0 spiro atoms. The van der Waals surface area contributed by atoms with Gasteiger partial charge in [0.1, 0.15) is 10.6 Å². The van der Waals surface area contributed by atoms with Crippen molar-refractivity contribution < 1.29 is 19.7 Å². The molecule has 0 aromatic heterocycles. The Balaban J connectivity index is 2.50. The summed E-state index contributed by atoms with van der Waals surface area (Å²) in [6, 6.07) is 6.23. The van der Waals surface area contributed by atoms with Crippen molar-refractivity contribution in [2.75, 3.05) is 5.32 Å². The predicted octanol–water partition coefficient (Wildman–Crippen LogP) is 3.53. The lowest BCUT2D eigenvalue weighted by molar-refractivity contribution is -0.452. The first-order valence-electron chi connectivity index (χ1n) is 6.59. The number of anilines is 2. The third-order valence-electron chi connectivity index (χ3n) is 3.44. The van der Waals surface area contributed by atoms with Crippen molar-refractivity contribution >= 4 is 45.9 Å². The standard InChI is InChI=1S/C12H5N5O8S/c18-14(19)8-7-12(26-6-4-2-1-3-5(6)13-7)11(17(24)25)10(16(22)23)9(8)15(20)21/h1-4,13H. The highest BCUT2D eigenvalue weighted by Crippen LogP contribution is 2.58. The van der Waals surface area contributed by atoms with E-state index in [2.05, 4.69) is 5.32 Å². The molecular formula is C12H5N5O8S. The quantitative estimate of drug-likeness (QED) is 0.519. The van der Waals surface area contributed by atoms with Crippen molar-refractivity contribution in [3.63, 3.8) is 0 Å². The highest BCUT2D eigenvalue weighted by molar-refractivity contribution is 8.00. The number of nitro groups is 4. The summed E-state index contributed by atoms with van der Waals surface area (Å²) < 4.78 is 0. The van der Waals surface area contributed by atoms with Gasteiger partial charge in [-0.05, 0) is 12.1 Å². The van der Waals surface area contributed by atoms with Crippen molar-refractivity contribution in [2.24, 2.45) is 0 Å². The van der Waals surface area contributed by atoms with Gasteiger partial charge in [-0.1, -0.05) is 23.9 Å². The molecule has 0 unspecified atom stereocenters. The van der Waals surface area contributed by atoms with E-state index in [9.17, 15) is 40.5 Å². The van der Waals surface area contributed by atoms with Gasteiger partial charge in [0.05, 0.1) is 25.4 Å². The van der Waals surface area contributed by atoms with Crippen molar-refractivity contribution in [3.8, 4) is 0 Å². The van der Waals surface area contributed by atoms with Gasteiger partial charge in [0.2, 0.25) is 0 Å². The van der Waals surface area contributed by atoms with Crippen LogP contribution in [0.15, 0.2) is 34.1 Å². The number of nitro benzene ring substituents is 4. The molecular weight excluding hydrogens is 374 g/mol. The minimum absolute atomic E-state index is 0.325. The van der Waals surface area contributed by atoms with Gasteiger partial charge in [-0.15, -0.1) is 0 Å². The zero-order valence-electron chi connectivity index (χ0n) is 12.3. The number of fused-ring (bicyclic) bond motifs is 2. The molecule has 1 aliphatic heterocycles. The van der Waals surface area contributed by atoms with E-state index in [-0.39, 0.29) is 0 Å². The topological polar surface area (TPSA) is 185 Å². The molecule has 0 saturated heterocycles. The number of benzene rings is 2. The molecule has 0 fully saturated rings. The molecule has 0 aliphatic carbocycles. The molecule has 3 rings (SSSR count). The van der Waals surface area contributed by atoms with E-state index in [1.165, 1.54) is 6.07 Å². The number of para-hydroxylation sites is 1. The third-order valence-corrected chi connectivity index (χ3v) is 4.62. The average molecular weight is 379 g/mol. The minimum atomic E-state index is -1.54. The third kappa shape index (κ3) is 2.44. The van der Waals surface area contributed by atoms with E-state index in [0.717, 1.165) is 0 Å². The van der Waals surface area contributed by atoms with Crippen LogP contribution in [0.2, 0.25) is 0 Å². The molecule has 0 saturated carbocycles. The Kier molecular flexibility index (Phi) is 3.88. The summed E-state index contributed by atoms with van der Waals surface area (Å²) in [5.74, 6) is 0. The number of nitrogens with zero attached hydrogens (tertiary/aromatic N) is 4. The summed E-state index contributed by atoms with van der Waals surface area (Å²) in [7, 11) is 0. The fraction of sp³-hybridized carbons (Fsp3) is 0. The zero-order valence-corrected chi connectivity index (χ0v) is 13.1. The van der Waals surface area contributed by atoms with Crippen LogP contribution in [-0.4, -0.2) is 19.7 Å². The van der Waals surface area contributed by atoms with Crippen LogP contribution in [0, 0.1) is 40.5 Å². The Hall–Kier alpha value is -3.81. The van der Waals surface area contributed by atoms with Crippen molar-refractivity contribution in [3.05, 3.63) is 64.7 Å². The first-order valence-corrected chi connectivity index (χ1v) is 7.41. The van der Waals surface area contributed by atoms with Crippen molar-refractivity contribution in [1.29, 1.82) is 0 Å². The Labute approximate surface area is 146 Å². The molecule has 1 aliphatic rings. The Morgan fingerprint density at radius 1 is 0.731 bits per heavy atom. The van der Waals surface area contributed by atoms with Gasteiger partial charge in [0.15, 0.2) is 0 Å². The SMILES string of the molecule is O=[N+]([O-])c1c2c(c([N+](=O)[O-])c([N+](=O)[O-])c1[N+](=O)[O-])Sc1ccccc1N2. The van der Waals surface area contributed by atoms with E-state index < -0.39 is 53.0 Å². The van der Waals surface area contributed by atoms with Crippen LogP contribution in [-0.2, 0) is 0 Å². The molecule has 132 valence electrons. The zero-order chi connectivity index (χ0) is 19.2. The maximum atomic E-state index is 11.4. The Morgan fingerprint density at radius 3 is 1.77 bits per heavy atom. The van der Waals surface area contributed by atoms with Gasteiger partial charge in [0.25, 0.3) is 0 Å². The predicted molar refractivity (Wildman–Crippen MR) is 86.9 cm³/mol. The fourth-order valence-electron chi connectivity index (χ4n) is 2.49. The van der Waals surface area contributed by atoms with Crippen LogP contribution in [0.25, 0.3) is 0 Å². The van der Waals surface area contributed by atoms with E-state index in [1.54, 1.807) is 18.2 Å². The van der Waals surface area contributed by atoms with Crippen molar-refractivity contribution in [2.45, 2.75) is 9.79 Å². The van der Waals surface area contributed by atoms with Crippen LogP contribution < -0.4 is 5.32 Å². The van der Waals surface area contributed by atoms with Crippen LogP contribution in [0.1, 0.15) is 0 Å². The Bertz CT molecular complexity index is 943. The minimum Gasteiger partial charge on any atom is -0.348 e. The van der Waals surface area contributed by atoms with Gasteiger partial charge in [-0.2, -0.15) is 0 Å². The van der Waals surface area contributed by atoms with Crippen LogP contribution in [0.4, 0.5) is 34.1 Å². The van der Waals surface area contributed by atoms with Crippen LogP contribution in [0.5, 0.6) is 0 Å². The number of rotatable bonds is 4. The summed E-state index contributed by atoms with van der Waals surface area (Å²) in [6.45, 7) is 0. The van der Waals surface area contributed by atoms with Gasteiger partial charge in [-0.3, -0.25) is 40.5 Å². The highest BCUT2D eigenvalue weighted by Gasteiger charge is 2.51. The molecule has 0 amide bonds. The second-order valence-electron chi connectivity index (χ2n) is 4.85. The highest BCUT2D eigenvalue weighted by atomic mass is 32.2. The molecule has 2 aromatic rings. The first kappa shape index (κ1) is 17.0. The monoisotopic (exact) mass is 379 g/mol. The van der Waals surface area contributed by atoms with E-state index >= 15 is 0 Å². The largest absolute Gasteiger partial charge is 0.432 e. The van der Waals surface area contributed by atoms with Crippen LogP contribution in [0.3, 0.4) is 0 Å². The Morgan fingerprint density at radius 2 is 1.23 bits per heavy atom. The summed E-state index contributed by atoms with van der Waals surface area (Å²) in [5.41, 5.74) is -5.65.